The molecule has 0 fully saturated rings. The summed E-state index contributed by atoms with van der Waals surface area (Å²) < 4.78 is 28.0. The number of aryl methyl sites for hydroxylation is 1. The maximum absolute atomic E-state index is 13.3. The van der Waals surface area contributed by atoms with Crippen LogP contribution in [0.5, 0.6) is 0 Å². The molecule has 0 saturated carbocycles. The highest BCUT2D eigenvalue weighted by Crippen LogP contribution is 2.29. The van der Waals surface area contributed by atoms with Gasteiger partial charge >= 0.3 is 0 Å². The summed E-state index contributed by atoms with van der Waals surface area (Å²) in [6.45, 7) is 0.817. The van der Waals surface area contributed by atoms with Gasteiger partial charge in [0.05, 0.1) is 5.69 Å². The molecule has 6 heteroatoms. The van der Waals surface area contributed by atoms with Gasteiger partial charge in [0.15, 0.2) is 0 Å². The molecule has 1 aromatic heterocycles. The summed E-state index contributed by atoms with van der Waals surface area (Å²) in [6, 6.07) is 8.17. The van der Waals surface area contributed by atoms with Gasteiger partial charge in [-0.05, 0) is 23.8 Å². The molecule has 2 rings (SSSR count). The van der Waals surface area contributed by atoms with Crippen LogP contribution in [0.3, 0.4) is 0 Å². The van der Waals surface area contributed by atoms with E-state index in [1.54, 1.807) is 45.4 Å². The normalized spacial score (nSPS) is 11.5. The van der Waals surface area contributed by atoms with E-state index in [2.05, 4.69) is 5.10 Å². The van der Waals surface area contributed by atoms with E-state index in [9.17, 15) is 13.6 Å². The highest BCUT2D eigenvalue weighted by Gasteiger charge is 2.28. The molecule has 0 saturated heterocycles. The van der Waals surface area contributed by atoms with Crippen molar-refractivity contribution < 1.29 is 13.6 Å². The predicted octanol–water partition coefficient (Wildman–Crippen LogP) is 2.90. The Hall–Kier alpha value is -2.24. The predicted molar refractivity (Wildman–Crippen MR) is 76.2 cm³/mol. The van der Waals surface area contributed by atoms with E-state index < -0.39 is 5.92 Å². The third-order valence-electron chi connectivity index (χ3n) is 3.16. The molecule has 0 radical (unpaired) electrons. The zero-order chi connectivity index (χ0) is 15.8. The van der Waals surface area contributed by atoms with Crippen LogP contribution in [0.15, 0.2) is 30.3 Å². The highest BCUT2D eigenvalue weighted by atomic mass is 19.3. The van der Waals surface area contributed by atoms with Crippen molar-refractivity contribution in [2.24, 2.45) is 7.05 Å². The van der Waals surface area contributed by atoms with Crippen LogP contribution in [0.25, 0.3) is 11.3 Å². The Balaban J connectivity index is 2.36. The maximum atomic E-state index is 13.3. The topological polar surface area (TPSA) is 38.1 Å². The van der Waals surface area contributed by atoms with Gasteiger partial charge in [-0.2, -0.15) is 13.9 Å². The van der Waals surface area contributed by atoms with Crippen LogP contribution in [0.4, 0.5) is 8.78 Å². The van der Waals surface area contributed by atoms with Gasteiger partial charge in [0.1, 0.15) is 5.69 Å². The molecule has 1 heterocycles. The zero-order valence-corrected chi connectivity index (χ0v) is 12.4. The fourth-order valence-electron chi connectivity index (χ4n) is 1.99. The Morgan fingerprint density at radius 2 is 1.81 bits per heavy atom. The lowest BCUT2D eigenvalue weighted by atomic mass is 10.1. The molecule has 0 aliphatic carbocycles. The molecule has 1 amide bonds. The average Bonchev–Trinajstić information content (AvgIpc) is 2.80. The molecule has 4 nitrogen and oxygen atoms in total. The number of hydrogen-bond donors (Lipinski definition) is 0. The minimum absolute atomic E-state index is 0.104. The van der Waals surface area contributed by atoms with Crippen LogP contribution < -0.4 is 0 Å². The van der Waals surface area contributed by atoms with E-state index in [1.807, 2.05) is 0 Å². The van der Waals surface area contributed by atoms with Crippen LogP contribution in [0.2, 0.25) is 0 Å². The molecule has 1 aromatic carbocycles. The van der Waals surface area contributed by atoms with Crippen molar-refractivity contribution in [3.05, 3.63) is 41.6 Å². The molecule has 112 valence electrons. The van der Waals surface area contributed by atoms with Gasteiger partial charge in [0.25, 0.3) is 11.8 Å². The standard InChI is InChI=1S/C15H17F2N3O/c1-15(16,17)13-9-12(20(4)18-13)10-5-7-11(8-6-10)14(21)19(2)3/h5-9H,1-4H3. The van der Waals surface area contributed by atoms with Crippen LogP contribution >= 0.6 is 0 Å². The van der Waals surface area contributed by atoms with Gasteiger partial charge in [0, 0.05) is 33.6 Å². The Bertz CT molecular complexity index is 655. The summed E-state index contributed by atoms with van der Waals surface area (Å²) in [5.41, 5.74) is 1.59. The first-order valence-electron chi connectivity index (χ1n) is 6.44. The van der Waals surface area contributed by atoms with Crippen LogP contribution in [-0.2, 0) is 13.0 Å². The van der Waals surface area contributed by atoms with Crippen molar-refractivity contribution in [2.75, 3.05) is 14.1 Å². The molecular formula is C15H17F2N3O. The Labute approximate surface area is 122 Å². The van der Waals surface area contributed by atoms with Gasteiger partial charge in [-0.25, -0.2) is 0 Å². The lowest BCUT2D eigenvalue weighted by molar-refractivity contribution is 0.0122. The maximum Gasteiger partial charge on any atom is 0.288 e. The largest absolute Gasteiger partial charge is 0.345 e. The van der Waals surface area contributed by atoms with Gasteiger partial charge in [-0.15, -0.1) is 0 Å². The lowest BCUT2D eigenvalue weighted by Gasteiger charge is -2.10. The zero-order valence-electron chi connectivity index (χ0n) is 12.4. The first-order chi connectivity index (χ1) is 9.70. The van der Waals surface area contributed by atoms with Crippen molar-refractivity contribution in [1.82, 2.24) is 14.7 Å². The molecule has 0 unspecified atom stereocenters. The number of carbonyl (C=O) groups excluding carboxylic acids is 1. The number of aromatic nitrogens is 2. The summed E-state index contributed by atoms with van der Waals surface area (Å²) in [7, 11) is 4.96. The SMILES string of the molecule is CN(C)C(=O)c1ccc(-c2cc(C(C)(F)F)nn2C)cc1. The van der Waals surface area contributed by atoms with Crippen LogP contribution in [0, 0.1) is 0 Å². The summed E-state index contributed by atoms with van der Waals surface area (Å²) in [5, 5.41) is 3.84. The number of benzene rings is 1. The fourth-order valence-corrected chi connectivity index (χ4v) is 1.99. The Kier molecular flexibility index (Phi) is 3.80. The summed E-state index contributed by atoms with van der Waals surface area (Å²) >= 11 is 0. The van der Waals surface area contributed by atoms with Crippen molar-refractivity contribution in [3.63, 3.8) is 0 Å². The van der Waals surface area contributed by atoms with E-state index in [-0.39, 0.29) is 11.6 Å². The molecule has 0 spiro atoms. The molecule has 0 bridgehead atoms. The summed E-state index contributed by atoms with van der Waals surface area (Å²) in [4.78, 5) is 13.3. The molecule has 0 aliphatic rings. The smallest absolute Gasteiger partial charge is 0.288 e. The second-order valence-electron chi connectivity index (χ2n) is 5.20. The van der Waals surface area contributed by atoms with Crippen molar-refractivity contribution >= 4 is 5.91 Å². The minimum atomic E-state index is -2.98. The van der Waals surface area contributed by atoms with E-state index in [4.69, 9.17) is 0 Å². The van der Waals surface area contributed by atoms with Crippen LogP contribution in [-0.4, -0.2) is 34.7 Å². The molecule has 0 atom stereocenters. The van der Waals surface area contributed by atoms with E-state index in [0.29, 0.717) is 11.3 Å². The number of hydrogen-bond acceptors (Lipinski definition) is 2. The lowest BCUT2D eigenvalue weighted by Crippen LogP contribution is -2.21. The van der Waals surface area contributed by atoms with Gasteiger partial charge in [0.2, 0.25) is 0 Å². The number of alkyl halides is 2. The summed E-state index contributed by atoms with van der Waals surface area (Å²) in [5.74, 6) is -3.08. The third-order valence-corrected chi connectivity index (χ3v) is 3.16. The van der Waals surface area contributed by atoms with Crippen molar-refractivity contribution in [2.45, 2.75) is 12.8 Å². The molecule has 0 N–H and O–H groups in total. The van der Waals surface area contributed by atoms with Gasteiger partial charge < -0.3 is 4.90 Å². The number of amides is 1. The molecule has 0 aliphatic heterocycles. The van der Waals surface area contributed by atoms with E-state index in [0.717, 1.165) is 12.5 Å². The quantitative estimate of drug-likeness (QED) is 0.872. The average molecular weight is 293 g/mol. The van der Waals surface area contributed by atoms with E-state index in [1.165, 1.54) is 15.6 Å². The molecular weight excluding hydrogens is 276 g/mol. The first-order valence-corrected chi connectivity index (χ1v) is 6.44. The number of carbonyl (C=O) groups is 1. The fraction of sp³-hybridized carbons (Fsp3) is 0.333. The Morgan fingerprint density at radius 1 is 1.24 bits per heavy atom. The second-order valence-corrected chi connectivity index (χ2v) is 5.20. The van der Waals surface area contributed by atoms with Crippen molar-refractivity contribution in [1.29, 1.82) is 0 Å². The molecule has 2 aromatic rings. The van der Waals surface area contributed by atoms with Crippen LogP contribution in [0.1, 0.15) is 23.0 Å². The Morgan fingerprint density at radius 3 is 2.24 bits per heavy atom. The van der Waals surface area contributed by atoms with Gasteiger partial charge in [-0.1, -0.05) is 12.1 Å². The third kappa shape index (κ3) is 3.09. The summed E-state index contributed by atoms with van der Waals surface area (Å²) in [6.07, 6.45) is 0. The minimum Gasteiger partial charge on any atom is -0.345 e. The number of nitrogens with zero attached hydrogens (tertiary/aromatic N) is 3. The molecule has 21 heavy (non-hydrogen) atoms. The first kappa shape index (κ1) is 15.2. The van der Waals surface area contributed by atoms with E-state index >= 15 is 0 Å². The monoisotopic (exact) mass is 293 g/mol. The highest BCUT2D eigenvalue weighted by molar-refractivity contribution is 5.94. The van der Waals surface area contributed by atoms with Gasteiger partial charge in [-0.3, -0.25) is 9.48 Å². The number of halogens is 2. The number of rotatable bonds is 3. The van der Waals surface area contributed by atoms with Crippen molar-refractivity contribution in [3.8, 4) is 11.3 Å². The second kappa shape index (κ2) is 5.27.